The van der Waals surface area contributed by atoms with Crippen LogP contribution in [0.1, 0.15) is 15.4 Å². The van der Waals surface area contributed by atoms with Crippen LogP contribution in [0.25, 0.3) is 10.6 Å². The van der Waals surface area contributed by atoms with Gasteiger partial charge < -0.3 is 10.1 Å². The number of benzene rings is 1. The molecule has 23 heavy (non-hydrogen) atoms. The van der Waals surface area contributed by atoms with Crippen LogP contribution in [-0.4, -0.2) is 28.0 Å². The number of anilines is 1. The van der Waals surface area contributed by atoms with Crippen LogP contribution >= 0.6 is 11.3 Å². The van der Waals surface area contributed by atoms with Crippen LogP contribution in [0.5, 0.6) is 6.01 Å². The molecule has 3 rings (SSSR count). The maximum atomic E-state index is 12.4. The highest BCUT2D eigenvalue weighted by molar-refractivity contribution is 7.17. The van der Waals surface area contributed by atoms with Gasteiger partial charge in [0.05, 0.1) is 30.9 Å². The summed E-state index contributed by atoms with van der Waals surface area (Å²) < 4.78 is 4.89. The quantitative estimate of drug-likeness (QED) is 0.797. The minimum atomic E-state index is -0.226. The summed E-state index contributed by atoms with van der Waals surface area (Å²) in [5.74, 6) is -0.226. The van der Waals surface area contributed by atoms with Gasteiger partial charge in [-0.15, -0.1) is 11.3 Å². The van der Waals surface area contributed by atoms with E-state index in [4.69, 9.17) is 4.74 Å². The van der Waals surface area contributed by atoms with E-state index in [1.165, 1.54) is 30.8 Å². The zero-order valence-electron chi connectivity index (χ0n) is 12.6. The maximum absolute atomic E-state index is 12.4. The molecule has 2 heterocycles. The lowest BCUT2D eigenvalue weighted by Gasteiger charge is -2.03. The van der Waals surface area contributed by atoms with E-state index in [0.29, 0.717) is 16.3 Å². The van der Waals surface area contributed by atoms with Gasteiger partial charge >= 0.3 is 6.01 Å². The Morgan fingerprint density at radius 3 is 2.52 bits per heavy atom. The summed E-state index contributed by atoms with van der Waals surface area (Å²) in [5, 5.41) is 3.58. The highest BCUT2D eigenvalue weighted by Gasteiger charge is 2.16. The van der Waals surface area contributed by atoms with E-state index in [9.17, 15) is 4.79 Å². The van der Waals surface area contributed by atoms with Gasteiger partial charge in [0.25, 0.3) is 5.91 Å². The van der Waals surface area contributed by atoms with E-state index in [1.54, 1.807) is 0 Å². The molecule has 0 spiro atoms. The number of hydrogen-bond acceptors (Lipinski definition) is 6. The first-order chi connectivity index (χ1) is 11.2. The summed E-state index contributed by atoms with van der Waals surface area (Å²) in [7, 11) is 1.49. The Labute approximate surface area is 137 Å². The van der Waals surface area contributed by atoms with Gasteiger partial charge in [-0.05, 0) is 6.92 Å². The fourth-order valence-electron chi connectivity index (χ4n) is 1.99. The standard InChI is InChI=1S/C16H14N4O2S/c1-10-13(23-15(19-10)11-6-4-3-5-7-11)14(21)20-12-8-17-16(22-2)18-9-12/h3-9H,1-2H3,(H,20,21). The highest BCUT2D eigenvalue weighted by Crippen LogP contribution is 2.28. The summed E-state index contributed by atoms with van der Waals surface area (Å²) in [6, 6.07) is 10.0. The maximum Gasteiger partial charge on any atom is 0.316 e. The highest BCUT2D eigenvalue weighted by atomic mass is 32.1. The number of aryl methyl sites for hydroxylation is 1. The Kier molecular flexibility index (Phi) is 4.29. The number of ether oxygens (including phenoxy) is 1. The van der Waals surface area contributed by atoms with Crippen molar-refractivity contribution in [1.29, 1.82) is 0 Å². The molecule has 0 saturated heterocycles. The molecule has 2 aromatic heterocycles. The molecule has 0 aliphatic heterocycles. The Bertz CT molecular complexity index is 816. The van der Waals surface area contributed by atoms with Crippen molar-refractivity contribution >= 4 is 22.9 Å². The second-order valence-corrected chi connectivity index (χ2v) is 5.71. The molecule has 0 fully saturated rings. The van der Waals surface area contributed by atoms with E-state index < -0.39 is 0 Å². The average Bonchev–Trinajstić information content (AvgIpc) is 2.98. The third-order valence-corrected chi connectivity index (χ3v) is 4.30. The minimum Gasteiger partial charge on any atom is -0.467 e. The molecular weight excluding hydrogens is 312 g/mol. The summed E-state index contributed by atoms with van der Waals surface area (Å²) in [6.45, 7) is 1.82. The van der Waals surface area contributed by atoms with Crippen LogP contribution in [0.4, 0.5) is 5.69 Å². The van der Waals surface area contributed by atoms with Crippen molar-refractivity contribution in [3.63, 3.8) is 0 Å². The van der Waals surface area contributed by atoms with Crippen molar-refractivity contribution in [2.45, 2.75) is 6.92 Å². The second-order valence-electron chi connectivity index (χ2n) is 4.71. The van der Waals surface area contributed by atoms with Crippen molar-refractivity contribution in [3.05, 3.63) is 53.3 Å². The number of carbonyl (C=O) groups excluding carboxylic acids is 1. The number of aromatic nitrogens is 3. The molecule has 116 valence electrons. The Hall–Kier alpha value is -2.80. The molecule has 6 nitrogen and oxygen atoms in total. The molecule has 1 N–H and O–H groups in total. The van der Waals surface area contributed by atoms with Crippen molar-refractivity contribution in [3.8, 4) is 16.6 Å². The van der Waals surface area contributed by atoms with Crippen LogP contribution < -0.4 is 10.1 Å². The van der Waals surface area contributed by atoms with Crippen LogP contribution in [0.3, 0.4) is 0 Å². The third kappa shape index (κ3) is 3.35. The number of rotatable bonds is 4. The van der Waals surface area contributed by atoms with Crippen LogP contribution in [0.2, 0.25) is 0 Å². The fraction of sp³-hybridized carbons (Fsp3) is 0.125. The normalized spacial score (nSPS) is 10.3. The average molecular weight is 326 g/mol. The monoisotopic (exact) mass is 326 g/mol. The summed E-state index contributed by atoms with van der Waals surface area (Å²) in [5.41, 5.74) is 2.19. The van der Waals surface area contributed by atoms with Crippen molar-refractivity contribution in [1.82, 2.24) is 15.0 Å². The van der Waals surface area contributed by atoms with E-state index in [-0.39, 0.29) is 11.9 Å². The molecule has 0 radical (unpaired) electrons. The van der Waals surface area contributed by atoms with Gasteiger partial charge in [0.2, 0.25) is 0 Å². The molecule has 0 bridgehead atoms. The molecule has 0 aliphatic carbocycles. The summed E-state index contributed by atoms with van der Waals surface area (Å²) in [6.07, 6.45) is 3.00. The van der Waals surface area contributed by atoms with Crippen molar-refractivity contribution in [2.75, 3.05) is 12.4 Å². The zero-order chi connectivity index (χ0) is 16.2. The first-order valence-corrected chi connectivity index (χ1v) is 7.69. The van der Waals surface area contributed by atoms with Gasteiger partial charge in [0.1, 0.15) is 9.88 Å². The molecule has 1 amide bonds. The molecule has 3 aromatic rings. The summed E-state index contributed by atoms with van der Waals surface area (Å²) in [4.78, 5) is 25.4. The van der Waals surface area contributed by atoms with Crippen LogP contribution in [-0.2, 0) is 0 Å². The predicted molar refractivity (Wildman–Crippen MR) is 88.8 cm³/mol. The minimum absolute atomic E-state index is 0.226. The number of carbonyl (C=O) groups is 1. The lowest BCUT2D eigenvalue weighted by atomic mass is 10.2. The second kappa shape index (κ2) is 6.53. The lowest BCUT2D eigenvalue weighted by Crippen LogP contribution is -2.12. The van der Waals surface area contributed by atoms with Gasteiger partial charge in [-0.2, -0.15) is 0 Å². The van der Waals surface area contributed by atoms with Crippen molar-refractivity contribution in [2.24, 2.45) is 0 Å². The Balaban J connectivity index is 1.81. The Morgan fingerprint density at radius 1 is 1.17 bits per heavy atom. The first-order valence-electron chi connectivity index (χ1n) is 6.87. The van der Waals surface area contributed by atoms with Crippen LogP contribution in [0, 0.1) is 6.92 Å². The molecule has 0 aliphatic rings. The molecule has 1 aromatic carbocycles. The predicted octanol–water partition coefficient (Wildman–Crippen LogP) is 3.17. The third-order valence-electron chi connectivity index (χ3n) is 3.09. The van der Waals surface area contributed by atoms with Gasteiger partial charge in [-0.3, -0.25) is 4.79 Å². The molecule has 7 heteroatoms. The lowest BCUT2D eigenvalue weighted by molar-refractivity contribution is 0.102. The number of nitrogens with one attached hydrogen (secondary N) is 1. The molecular formula is C16H14N4O2S. The molecule has 0 saturated carbocycles. The number of methoxy groups -OCH3 is 1. The van der Waals surface area contributed by atoms with Gasteiger partial charge in [-0.1, -0.05) is 30.3 Å². The van der Waals surface area contributed by atoms with Crippen LogP contribution in [0.15, 0.2) is 42.7 Å². The smallest absolute Gasteiger partial charge is 0.316 e. The number of nitrogens with zero attached hydrogens (tertiary/aromatic N) is 3. The summed E-state index contributed by atoms with van der Waals surface area (Å²) >= 11 is 1.36. The first kappa shape index (κ1) is 15.1. The van der Waals surface area contributed by atoms with E-state index in [1.807, 2.05) is 37.3 Å². The van der Waals surface area contributed by atoms with Gasteiger partial charge in [0, 0.05) is 5.56 Å². The SMILES string of the molecule is COc1ncc(NC(=O)c2sc(-c3ccccc3)nc2C)cn1. The number of amides is 1. The van der Waals surface area contributed by atoms with E-state index in [2.05, 4.69) is 20.3 Å². The van der Waals surface area contributed by atoms with Gasteiger partial charge in [0.15, 0.2) is 0 Å². The van der Waals surface area contributed by atoms with Gasteiger partial charge in [-0.25, -0.2) is 15.0 Å². The largest absolute Gasteiger partial charge is 0.467 e. The Morgan fingerprint density at radius 2 is 1.87 bits per heavy atom. The van der Waals surface area contributed by atoms with E-state index in [0.717, 1.165) is 10.6 Å². The molecule has 0 unspecified atom stereocenters. The topological polar surface area (TPSA) is 77.0 Å². The fourth-order valence-corrected chi connectivity index (χ4v) is 2.95. The van der Waals surface area contributed by atoms with E-state index >= 15 is 0 Å². The number of hydrogen-bond donors (Lipinski definition) is 1. The number of thiazole rings is 1. The molecule has 0 atom stereocenters. The van der Waals surface area contributed by atoms with Crippen molar-refractivity contribution < 1.29 is 9.53 Å². The zero-order valence-corrected chi connectivity index (χ0v) is 13.4.